The number of carbonyl (C=O) groups is 1. The Balaban J connectivity index is 1.55. The lowest BCUT2D eigenvalue weighted by atomic mass is 10.1. The number of amides is 1. The average molecular weight is 289 g/mol. The van der Waals surface area contributed by atoms with E-state index in [9.17, 15) is 4.79 Å². The van der Waals surface area contributed by atoms with Gasteiger partial charge in [-0.05, 0) is 37.0 Å². The molecule has 1 aliphatic heterocycles. The predicted molar refractivity (Wildman–Crippen MR) is 81.9 cm³/mol. The fourth-order valence-electron chi connectivity index (χ4n) is 2.63. The molecular formula is C16H23N3O2. The molecule has 0 bridgehead atoms. The van der Waals surface area contributed by atoms with Crippen LogP contribution in [0, 0.1) is 0 Å². The first-order chi connectivity index (χ1) is 10.2. The second-order valence-corrected chi connectivity index (χ2v) is 5.90. The summed E-state index contributed by atoms with van der Waals surface area (Å²) in [5, 5.41) is 3.08. The van der Waals surface area contributed by atoms with Crippen LogP contribution in [0.5, 0.6) is 0 Å². The normalized spacial score (nSPS) is 23.0. The number of nitrogen functional groups attached to an aromatic ring is 1. The highest BCUT2D eigenvalue weighted by atomic mass is 16.5. The van der Waals surface area contributed by atoms with Gasteiger partial charge in [0.2, 0.25) is 5.91 Å². The van der Waals surface area contributed by atoms with Crippen molar-refractivity contribution in [2.45, 2.75) is 31.3 Å². The molecule has 5 heteroatoms. The molecule has 1 atom stereocenters. The lowest BCUT2D eigenvalue weighted by Crippen LogP contribution is -2.54. The Morgan fingerprint density at radius 3 is 2.81 bits per heavy atom. The molecule has 3 rings (SSSR count). The number of ether oxygens (including phenoxy) is 1. The summed E-state index contributed by atoms with van der Waals surface area (Å²) in [5.41, 5.74) is 7.73. The Labute approximate surface area is 125 Å². The Hall–Kier alpha value is -1.59. The molecule has 1 aromatic carbocycles. The van der Waals surface area contributed by atoms with E-state index in [2.05, 4.69) is 22.3 Å². The van der Waals surface area contributed by atoms with Crippen LogP contribution in [0.25, 0.3) is 0 Å². The van der Waals surface area contributed by atoms with Gasteiger partial charge < -0.3 is 15.8 Å². The Bertz CT molecular complexity index is 485. The topological polar surface area (TPSA) is 67.6 Å². The monoisotopic (exact) mass is 289 g/mol. The van der Waals surface area contributed by atoms with Gasteiger partial charge in [0.05, 0.1) is 13.2 Å². The molecule has 1 heterocycles. The van der Waals surface area contributed by atoms with Crippen LogP contribution in [0.2, 0.25) is 0 Å². The molecular weight excluding hydrogens is 266 g/mol. The molecule has 114 valence electrons. The minimum Gasteiger partial charge on any atom is -0.399 e. The second kappa shape index (κ2) is 6.45. The highest BCUT2D eigenvalue weighted by Crippen LogP contribution is 2.20. The van der Waals surface area contributed by atoms with E-state index in [0.717, 1.165) is 38.0 Å². The van der Waals surface area contributed by atoms with Crippen LogP contribution >= 0.6 is 0 Å². The van der Waals surface area contributed by atoms with Gasteiger partial charge in [-0.15, -0.1) is 0 Å². The van der Waals surface area contributed by atoms with Gasteiger partial charge in [-0.3, -0.25) is 9.69 Å². The maximum absolute atomic E-state index is 12.3. The number of hydrogen-bond acceptors (Lipinski definition) is 4. The van der Waals surface area contributed by atoms with Crippen molar-refractivity contribution in [3.63, 3.8) is 0 Å². The van der Waals surface area contributed by atoms with E-state index in [4.69, 9.17) is 10.5 Å². The molecule has 1 aromatic rings. The maximum atomic E-state index is 12.3. The first-order valence-electron chi connectivity index (χ1n) is 7.69. The van der Waals surface area contributed by atoms with Gasteiger partial charge in [-0.25, -0.2) is 0 Å². The number of hydrogen-bond donors (Lipinski definition) is 2. The number of benzene rings is 1. The first-order valence-corrected chi connectivity index (χ1v) is 7.69. The quantitative estimate of drug-likeness (QED) is 0.787. The van der Waals surface area contributed by atoms with Crippen molar-refractivity contribution < 1.29 is 9.53 Å². The fourth-order valence-corrected chi connectivity index (χ4v) is 2.63. The molecule has 5 nitrogen and oxygen atoms in total. The number of nitrogens with one attached hydrogen (secondary N) is 1. The van der Waals surface area contributed by atoms with Gasteiger partial charge in [0, 0.05) is 24.8 Å². The highest BCUT2D eigenvalue weighted by Gasteiger charge is 2.32. The van der Waals surface area contributed by atoms with Crippen molar-refractivity contribution in [1.29, 1.82) is 0 Å². The van der Waals surface area contributed by atoms with Crippen LogP contribution in [0.15, 0.2) is 24.3 Å². The van der Waals surface area contributed by atoms with Gasteiger partial charge >= 0.3 is 0 Å². The molecule has 0 spiro atoms. The minimum atomic E-state index is -0.145. The van der Waals surface area contributed by atoms with Crippen molar-refractivity contribution in [3.05, 3.63) is 29.8 Å². The van der Waals surface area contributed by atoms with Crippen LogP contribution in [-0.4, -0.2) is 49.2 Å². The van der Waals surface area contributed by atoms with Gasteiger partial charge in [0.25, 0.3) is 0 Å². The minimum absolute atomic E-state index is 0.120. The Kier molecular flexibility index (Phi) is 4.41. The van der Waals surface area contributed by atoms with Crippen LogP contribution in [0.1, 0.15) is 18.4 Å². The molecule has 21 heavy (non-hydrogen) atoms. The number of morpholine rings is 1. The van der Waals surface area contributed by atoms with E-state index in [-0.39, 0.29) is 11.9 Å². The number of carbonyl (C=O) groups excluding carboxylic acids is 1. The summed E-state index contributed by atoms with van der Waals surface area (Å²) in [7, 11) is 0. The van der Waals surface area contributed by atoms with Crippen molar-refractivity contribution in [1.82, 2.24) is 10.2 Å². The van der Waals surface area contributed by atoms with E-state index in [1.54, 1.807) is 0 Å². The molecule has 0 aromatic heterocycles. The van der Waals surface area contributed by atoms with Crippen molar-refractivity contribution in [2.24, 2.45) is 0 Å². The molecule has 3 N–H and O–H groups in total. The highest BCUT2D eigenvalue weighted by molar-refractivity contribution is 5.82. The Morgan fingerprint density at radius 1 is 1.33 bits per heavy atom. The van der Waals surface area contributed by atoms with Crippen molar-refractivity contribution in [2.75, 3.05) is 32.0 Å². The predicted octanol–water partition coefficient (Wildman–Crippen LogP) is 0.791. The van der Waals surface area contributed by atoms with Crippen molar-refractivity contribution >= 4 is 11.6 Å². The molecule has 0 radical (unpaired) electrons. The number of nitrogens with zero attached hydrogens (tertiary/aromatic N) is 1. The summed E-state index contributed by atoms with van der Waals surface area (Å²) in [6, 6.07) is 8.20. The third kappa shape index (κ3) is 3.95. The zero-order valence-corrected chi connectivity index (χ0v) is 12.3. The third-order valence-electron chi connectivity index (χ3n) is 4.13. The van der Waals surface area contributed by atoms with Crippen molar-refractivity contribution in [3.8, 4) is 0 Å². The zero-order chi connectivity index (χ0) is 14.7. The summed E-state index contributed by atoms with van der Waals surface area (Å²) >= 11 is 0. The van der Waals surface area contributed by atoms with E-state index >= 15 is 0 Å². The lowest BCUT2D eigenvalue weighted by molar-refractivity contribution is -0.132. The van der Waals surface area contributed by atoms with Gasteiger partial charge in [0.15, 0.2) is 0 Å². The molecule has 1 aliphatic carbocycles. The van der Waals surface area contributed by atoms with E-state index in [1.807, 2.05) is 12.1 Å². The number of nitrogens with two attached hydrogens (primary N) is 1. The SMILES string of the molecule is Nc1ccc(CCN2CCOCC2C(=O)NC2CC2)cc1. The van der Waals surface area contributed by atoms with E-state index in [0.29, 0.717) is 19.3 Å². The van der Waals surface area contributed by atoms with Crippen LogP contribution < -0.4 is 11.1 Å². The van der Waals surface area contributed by atoms with E-state index in [1.165, 1.54) is 5.56 Å². The van der Waals surface area contributed by atoms with Gasteiger partial charge in [0.1, 0.15) is 6.04 Å². The van der Waals surface area contributed by atoms with Crippen LogP contribution in [0.4, 0.5) is 5.69 Å². The first kappa shape index (κ1) is 14.4. The average Bonchev–Trinajstić information content (AvgIpc) is 3.31. The van der Waals surface area contributed by atoms with Gasteiger partial charge in [-0.2, -0.15) is 0 Å². The molecule has 1 saturated carbocycles. The standard InChI is InChI=1S/C16H23N3O2/c17-13-3-1-12(2-4-13)7-8-19-9-10-21-11-15(19)16(20)18-14-5-6-14/h1-4,14-15H,5-11,17H2,(H,18,20). The molecule has 2 fully saturated rings. The lowest BCUT2D eigenvalue weighted by Gasteiger charge is -2.34. The van der Waals surface area contributed by atoms with Crippen LogP contribution in [0.3, 0.4) is 0 Å². The molecule has 1 unspecified atom stereocenters. The van der Waals surface area contributed by atoms with Crippen LogP contribution in [-0.2, 0) is 16.0 Å². The third-order valence-corrected chi connectivity index (χ3v) is 4.13. The Morgan fingerprint density at radius 2 is 2.10 bits per heavy atom. The maximum Gasteiger partial charge on any atom is 0.239 e. The summed E-state index contributed by atoms with van der Waals surface area (Å²) in [5.74, 6) is 0.120. The summed E-state index contributed by atoms with van der Waals surface area (Å²) in [6.45, 7) is 2.89. The molecule has 1 saturated heterocycles. The number of anilines is 1. The molecule has 1 amide bonds. The summed E-state index contributed by atoms with van der Waals surface area (Å²) in [4.78, 5) is 14.5. The van der Waals surface area contributed by atoms with Gasteiger partial charge in [-0.1, -0.05) is 12.1 Å². The van der Waals surface area contributed by atoms with E-state index < -0.39 is 0 Å². The second-order valence-electron chi connectivity index (χ2n) is 5.90. The zero-order valence-electron chi connectivity index (χ0n) is 12.3. The fraction of sp³-hybridized carbons (Fsp3) is 0.562. The number of rotatable bonds is 5. The molecule has 2 aliphatic rings. The summed E-state index contributed by atoms with van der Waals surface area (Å²) in [6.07, 6.45) is 3.16. The summed E-state index contributed by atoms with van der Waals surface area (Å²) < 4.78 is 5.48. The largest absolute Gasteiger partial charge is 0.399 e. The smallest absolute Gasteiger partial charge is 0.239 e.